The summed E-state index contributed by atoms with van der Waals surface area (Å²) < 4.78 is 1.03. The van der Waals surface area contributed by atoms with Crippen LogP contribution in [-0.4, -0.2) is 5.78 Å². The zero-order valence-corrected chi connectivity index (χ0v) is 11.0. The maximum atomic E-state index is 12.4. The van der Waals surface area contributed by atoms with E-state index in [1.54, 1.807) is 17.4 Å². The summed E-state index contributed by atoms with van der Waals surface area (Å²) in [4.78, 5) is 13.0. The fraction of sp³-hybridized carbons (Fsp3) is 0. The van der Waals surface area contributed by atoms with E-state index in [0.29, 0.717) is 9.90 Å². The summed E-state index contributed by atoms with van der Waals surface area (Å²) in [5, 5.41) is 5.48. The third-order valence-corrected chi connectivity index (χ3v) is 4.85. The van der Waals surface area contributed by atoms with E-state index < -0.39 is 0 Å². The van der Waals surface area contributed by atoms with Crippen LogP contribution in [0.4, 0.5) is 0 Å². The molecule has 1 nitrogen and oxygen atoms in total. The number of halogens is 1. The number of carbonyl (C=O) groups excluding carboxylic acids is 1. The average Bonchev–Trinajstić information content (AvgIpc) is 2.95. The van der Waals surface area contributed by atoms with Gasteiger partial charge in [-0.25, -0.2) is 0 Å². The second-order valence-electron chi connectivity index (χ2n) is 3.57. The molecule has 0 amide bonds. The van der Waals surface area contributed by atoms with Crippen LogP contribution in [-0.2, 0) is 0 Å². The first-order chi connectivity index (χ1) is 8.27. The summed E-state index contributed by atoms with van der Waals surface area (Å²) in [5.41, 5.74) is 0.738. The lowest BCUT2D eigenvalue weighted by molar-refractivity contribution is 0.104. The second kappa shape index (κ2) is 4.26. The van der Waals surface area contributed by atoms with Crippen molar-refractivity contribution in [3.63, 3.8) is 0 Å². The molecule has 0 saturated carbocycles. The first-order valence-electron chi connectivity index (χ1n) is 5.01. The largest absolute Gasteiger partial charge is 0.288 e. The number of fused-ring (bicyclic) bond motifs is 1. The Morgan fingerprint density at radius 3 is 2.65 bits per heavy atom. The van der Waals surface area contributed by atoms with Gasteiger partial charge in [-0.3, -0.25) is 4.79 Å². The molecule has 2 heterocycles. The van der Waals surface area contributed by atoms with Crippen LogP contribution in [0.1, 0.15) is 15.2 Å². The molecule has 0 N–H and O–H groups in total. The molecule has 0 aliphatic rings. The van der Waals surface area contributed by atoms with Gasteiger partial charge in [0.15, 0.2) is 0 Å². The molecule has 1 aromatic carbocycles. The maximum absolute atomic E-state index is 12.4. The molecule has 3 aromatic rings. The monoisotopic (exact) mass is 278 g/mol. The summed E-state index contributed by atoms with van der Waals surface area (Å²) in [6, 6.07) is 9.56. The molecule has 0 radical (unpaired) electrons. The van der Waals surface area contributed by atoms with E-state index >= 15 is 0 Å². The minimum atomic E-state index is 0.0121. The first-order valence-corrected chi connectivity index (χ1v) is 7.15. The normalized spacial score (nSPS) is 10.9. The molecule has 0 fully saturated rings. The van der Waals surface area contributed by atoms with E-state index in [0.717, 1.165) is 15.6 Å². The Kier molecular flexibility index (Phi) is 2.74. The van der Waals surface area contributed by atoms with Crippen LogP contribution >= 0.6 is 34.3 Å². The number of rotatable bonds is 2. The molecule has 0 aliphatic heterocycles. The van der Waals surface area contributed by atoms with Crippen molar-refractivity contribution < 1.29 is 4.79 Å². The van der Waals surface area contributed by atoms with Gasteiger partial charge >= 0.3 is 0 Å². The molecular weight excluding hydrogens is 272 g/mol. The Morgan fingerprint density at radius 1 is 1.06 bits per heavy atom. The molecule has 0 bridgehead atoms. The van der Waals surface area contributed by atoms with E-state index in [1.165, 1.54) is 11.3 Å². The van der Waals surface area contributed by atoms with Crippen molar-refractivity contribution in [1.29, 1.82) is 0 Å². The minimum absolute atomic E-state index is 0.0121. The summed E-state index contributed by atoms with van der Waals surface area (Å²) in [6.45, 7) is 0. The van der Waals surface area contributed by atoms with Crippen LogP contribution in [0.25, 0.3) is 10.1 Å². The van der Waals surface area contributed by atoms with Gasteiger partial charge in [-0.1, -0.05) is 23.7 Å². The van der Waals surface area contributed by atoms with Crippen molar-refractivity contribution in [1.82, 2.24) is 0 Å². The highest BCUT2D eigenvalue weighted by atomic mass is 35.5. The Hall–Kier alpha value is -1.16. The van der Waals surface area contributed by atoms with Crippen molar-refractivity contribution in [2.24, 2.45) is 0 Å². The molecule has 3 rings (SSSR count). The second-order valence-corrected chi connectivity index (χ2v) is 5.81. The predicted octanol–water partition coefficient (Wildman–Crippen LogP) is 4.85. The van der Waals surface area contributed by atoms with Gasteiger partial charge in [0.2, 0.25) is 5.78 Å². The minimum Gasteiger partial charge on any atom is -0.288 e. The van der Waals surface area contributed by atoms with Gasteiger partial charge < -0.3 is 0 Å². The number of thiophene rings is 2. The zero-order valence-electron chi connectivity index (χ0n) is 8.64. The van der Waals surface area contributed by atoms with Crippen molar-refractivity contribution in [2.75, 3.05) is 0 Å². The molecule has 17 heavy (non-hydrogen) atoms. The van der Waals surface area contributed by atoms with Gasteiger partial charge in [0, 0.05) is 10.3 Å². The molecule has 84 valence electrons. The smallest absolute Gasteiger partial charge is 0.205 e. The Balaban J connectivity index is 2.19. The van der Waals surface area contributed by atoms with Crippen LogP contribution in [0.5, 0.6) is 0 Å². The standard InChI is InChI=1S/C13H7ClOS2/c14-10-5-7-17-13(10)11(15)9-3-1-2-8-4-6-16-12(8)9/h1-7H. The third-order valence-electron chi connectivity index (χ3n) is 2.55. The van der Waals surface area contributed by atoms with Crippen molar-refractivity contribution in [2.45, 2.75) is 0 Å². The lowest BCUT2D eigenvalue weighted by Crippen LogP contribution is -1.99. The molecule has 0 unspecified atom stereocenters. The quantitative estimate of drug-likeness (QED) is 0.613. The zero-order chi connectivity index (χ0) is 11.8. The SMILES string of the molecule is O=C(c1sccc1Cl)c1cccc2ccsc12. The Morgan fingerprint density at radius 2 is 1.88 bits per heavy atom. The van der Waals surface area contributed by atoms with Crippen LogP contribution in [0.3, 0.4) is 0 Å². The number of carbonyl (C=O) groups is 1. The van der Waals surface area contributed by atoms with E-state index in [1.807, 2.05) is 35.0 Å². The van der Waals surface area contributed by atoms with E-state index in [4.69, 9.17) is 11.6 Å². The number of hydrogen-bond donors (Lipinski definition) is 0. The van der Waals surface area contributed by atoms with Gasteiger partial charge in [0.05, 0.1) is 9.90 Å². The molecule has 0 saturated heterocycles. The highest BCUT2D eigenvalue weighted by Crippen LogP contribution is 2.30. The van der Waals surface area contributed by atoms with E-state index in [-0.39, 0.29) is 5.78 Å². The molecular formula is C13H7ClOS2. The predicted molar refractivity (Wildman–Crippen MR) is 74.6 cm³/mol. The van der Waals surface area contributed by atoms with E-state index in [9.17, 15) is 4.79 Å². The molecule has 0 aliphatic carbocycles. The van der Waals surface area contributed by atoms with Gasteiger partial charge in [0.25, 0.3) is 0 Å². The summed E-state index contributed by atoms with van der Waals surface area (Å²) in [7, 11) is 0. The lowest BCUT2D eigenvalue weighted by atomic mass is 10.1. The fourth-order valence-corrected chi connectivity index (χ4v) is 3.76. The lowest BCUT2D eigenvalue weighted by Gasteiger charge is -2.00. The topological polar surface area (TPSA) is 17.1 Å². The van der Waals surface area contributed by atoms with Crippen LogP contribution < -0.4 is 0 Å². The van der Waals surface area contributed by atoms with Crippen molar-refractivity contribution in [3.8, 4) is 0 Å². The fourth-order valence-electron chi connectivity index (χ4n) is 1.75. The number of ketones is 1. The number of benzene rings is 1. The maximum Gasteiger partial charge on any atom is 0.205 e. The van der Waals surface area contributed by atoms with Gasteiger partial charge in [0.1, 0.15) is 0 Å². The van der Waals surface area contributed by atoms with Crippen LogP contribution in [0.2, 0.25) is 5.02 Å². The molecule has 0 atom stereocenters. The van der Waals surface area contributed by atoms with Gasteiger partial charge in [-0.15, -0.1) is 22.7 Å². The van der Waals surface area contributed by atoms with Crippen LogP contribution in [0.15, 0.2) is 41.1 Å². The molecule has 2 aromatic heterocycles. The van der Waals surface area contributed by atoms with Gasteiger partial charge in [-0.05, 0) is 34.3 Å². The first kappa shape index (κ1) is 11.0. The number of hydrogen-bond acceptors (Lipinski definition) is 3. The third kappa shape index (κ3) is 1.80. The highest BCUT2D eigenvalue weighted by molar-refractivity contribution is 7.18. The Labute approximate surface area is 111 Å². The molecule has 4 heteroatoms. The van der Waals surface area contributed by atoms with Crippen molar-refractivity contribution in [3.05, 3.63) is 56.6 Å². The van der Waals surface area contributed by atoms with Crippen molar-refractivity contribution >= 4 is 50.1 Å². The summed E-state index contributed by atoms with van der Waals surface area (Å²) in [5.74, 6) is 0.0121. The molecule has 0 spiro atoms. The summed E-state index contributed by atoms with van der Waals surface area (Å²) >= 11 is 8.98. The average molecular weight is 279 g/mol. The van der Waals surface area contributed by atoms with Gasteiger partial charge in [-0.2, -0.15) is 0 Å². The summed E-state index contributed by atoms with van der Waals surface area (Å²) in [6.07, 6.45) is 0. The van der Waals surface area contributed by atoms with Crippen LogP contribution in [0, 0.1) is 0 Å². The highest BCUT2D eigenvalue weighted by Gasteiger charge is 2.17. The Bertz CT molecular complexity index is 696. The van der Waals surface area contributed by atoms with E-state index in [2.05, 4.69) is 0 Å².